The molecule has 0 aliphatic heterocycles. The van der Waals surface area contributed by atoms with Crippen LogP contribution in [0.3, 0.4) is 0 Å². The van der Waals surface area contributed by atoms with Gasteiger partial charge in [0.05, 0.1) is 14.2 Å². The minimum absolute atomic E-state index is 0.658. The van der Waals surface area contributed by atoms with Crippen molar-refractivity contribution in [2.45, 2.75) is 0 Å². The van der Waals surface area contributed by atoms with Crippen molar-refractivity contribution in [2.75, 3.05) is 20.0 Å². The number of hydrogen-bond acceptors (Lipinski definition) is 4. The molecule has 1 heterocycles. The molecule has 0 aliphatic rings. The molecule has 1 aromatic heterocycles. The summed E-state index contributed by atoms with van der Waals surface area (Å²) in [5.41, 5.74) is 7.47. The van der Waals surface area contributed by atoms with E-state index in [4.69, 9.17) is 15.2 Å². The Labute approximate surface area is 98.4 Å². The van der Waals surface area contributed by atoms with Crippen LogP contribution in [0.1, 0.15) is 0 Å². The number of benzene rings is 1. The first-order chi connectivity index (χ1) is 7.76. The van der Waals surface area contributed by atoms with Gasteiger partial charge in [-0.2, -0.15) is 0 Å². The van der Waals surface area contributed by atoms with E-state index in [1.807, 2.05) is 23.6 Å². The van der Waals surface area contributed by atoms with Crippen molar-refractivity contribution in [3.05, 3.63) is 29.6 Å². The number of rotatable bonds is 3. The van der Waals surface area contributed by atoms with E-state index in [1.165, 1.54) is 0 Å². The summed E-state index contributed by atoms with van der Waals surface area (Å²) >= 11 is 1.64. The molecule has 16 heavy (non-hydrogen) atoms. The van der Waals surface area contributed by atoms with E-state index < -0.39 is 0 Å². The maximum Gasteiger partial charge on any atom is 0.169 e. The summed E-state index contributed by atoms with van der Waals surface area (Å²) in [7, 11) is 3.24. The summed E-state index contributed by atoms with van der Waals surface area (Å²) in [4.78, 5) is 1.11. The van der Waals surface area contributed by atoms with Gasteiger partial charge in [0.2, 0.25) is 0 Å². The highest BCUT2D eigenvalue weighted by Gasteiger charge is 2.13. The highest BCUT2D eigenvalue weighted by Crippen LogP contribution is 2.41. The maximum absolute atomic E-state index is 5.83. The average molecular weight is 235 g/mol. The Bertz CT molecular complexity index is 480. The Morgan fingerprint density at radius 2 is 2.00 bits per heavy atom. The number of thiophene rings is 1. The molecule has 0 spiro atoms. The lowest BCUT2D eigenvalue weighted by atomic mass is 10.1. The molecule has 0 bridgehead atoms. The molecule has 84 valence electrons. The van der Waals surface area contributed by atoms with E-state index in [0.29, 0.717) is 11.4 Å². The summed E-state index contributed by atoms with van der Waals surface area (Å²) in [6.45, 7) is 0. The van der Waals surface area contributed by atoms with Gasteiger partial charge in [-0.05, 0) is 17.5 Å². The second-order valence-electron chi connectivity index (χ2n) is 3.28. The quantitative estimate of drug-likeness (QED) is 0.832. The summed E-state index contributed by atoms with van der Waals surface area (Å²) in [6.07, 6.45) is 0. The third kappa shape index (κ3) is 1.84. The number of anilines is 1. The van der Waals surface area contributed by atoms with Crippen molar-refractivity contribution in [1.82, 2.24) is 0 Å². The lowest BCUT2D eigenvalue weighted by Gasteiger charge is -2.12. The Hall–Kier alpha value is -1.68. The van der Waals surface area contributed by atoms with Crippen LogP contribution in [-0.4, -0.2) is 14.2 Å². The van der Waals surface area contributed by atoms with Crippen molar-refractivity contribution in [1.29, 1.82) is 0 Å². The van der Waals surface area contributed by atoms with Gasteiger partial charge in [-0.25, -0.2) is 0 Å². The van der Waals surface area contributed by atoms with Gasteiger partial charge < -0.3 is 15.2 Å². The predicted molar refractivity (Wildman–Crippen MR) is 67.3 cm³/mol. The minimum atomic E-state index is 0.658. The monoisotopic (exact) mass is 235 g/mol. The van der Waals surface area contributed by atoms with Crippen molar-refractivity contribution in [3.8, 4) is 21.9 Å². The van der Waals surface area contributed by atoms with Crippen molar-refractivity contribution >= 4 is 17.0 Å². The second-order valence-corrected chi connectivity index (χ2v) is 4.23. The zero-order valence-corrected chi connectivity index (χ0v) is 10.0. The van der Waals surface area contributed by atoms with Crippen LogP contribution in [0, 0.1) is 0 Å². The molecule has 0 radical (unpaired) electrons. The highest BCUT2D eigenvalue weighted by molar-refractivity contribution is 7.13. The number of nitrogens with two attached hydrogens (primary N) is 1. The molecule has 0 saturated carbocycles. The highest BCUT2D eigenvalue weighted by atomic mass is 32.1. The fraction of sp³-hybridized carbons (Fsp3) is 0.167. The molecular formula is C12H13NO2S. The number of hydrogen-bond donors (Lipinski definition) is 1. The van der Waals surface area contributed by atoms with Crippen LogP contribution in [0.15, 0.2) is 29.6 Å². The third-order valence-electron chi connectivity index (χ3n) is 2.29. The topological polar surface area (TPSA) is 44.5 Å². The van der Waals surface area contributed by atoms with E-state index in [2.05, 4.69) is 0 Å². The van der Waals surface area contributed by atoms with Crippen LogP contribution in [0.2, 0.25) is 0 Å². The fourth-order valence-electron chi connectivity index (χ4n) is 1.60. The first kappa shape index (κ1) is 10.8. The van der Waals surface area contributed by atoms with Gasteiger partial charge in [-0.15, -0.1) is 11.3 Å². The Balaban J connectivity index is 2.63. The number of ether oxygens (including phenoxy) is 2. The minimum Gasteiger partial charge on any atom is -0.493 e. The van der Waals surface area contributed by atoms with Gasteiger partial charge in [0, 0.05) is 22.2 Å². The Morgan fingerprint density at radius 3 is 2.56 bits per heavy atom. The molecule has 0 amide bonds. The van der Waals surface area contributed by atoms with Crippen LogP contribution >= 0.6 is 11.3 Å². The van der Waals surface area contributed by atoms with Gasteiger partial charge in [-0.1, -0.05) is 6.07 Å². The van der Waals surface area contributed by atoms with Crippen molar-refractivity contribution < 1.29 is 9.47 Å². The summed E-state index contributed by atoms with van der Waals surface area (Å²) < 4.78 is 10.6. The van der Waals surface area contributed by atoms with Gasteiger partial charge in [0.15, 0.2) is 11.5 Å². The van der Waals surface area contributed by atoms with Crippen molar-refractivity contribution in [2.24, 2.45) is 0 Å². The predicted octanol–water partition coefficient (Wildman–Crippen LogP) is 3.01. The summed E-state index contributed by atoms with van der Waals surface area (Å²) in [6, 6.07) is 7.68. The van der Waals surface area contributed by atoms with E-state index in [9.17, 15) is 0 Å². The van der Waals surface area contributed by atoms with E-state index in [-0.39, 0.29) is 0 Å². The third-order valence-corrected chi connectivity index (χ3v) is 3.19. The lowest BCUT2D eigenvalue weighted by molar-refractivity contribution is 0.356. The SMILES string of the molecule is COc1cc(N)cc(-c2cccs2)c1OC. The smallest absolute Gasteiger partial charge is 0.169 e. The molecule has 3 nitrogen and oxygen atoms in total. The van der Waals surface area contributed by atoms with Crippen LogP contribution in [-0.2, 0) is 0 Å². The lowest BCUT2D eigenvalue weighted by Crippen LogP contribution is -1.95. The fourth-order valence-corrected chi connectivity index (χ4v) is 2.34. The van der Waals surface area contributed by atoms with Crippen LogP contribution in [0.4, 0.5) is 5.69 Å². The molecule has 0 unspecified atom stereocenters. The molecule has 2 aromatic rings. The summed E-state index contributed by atoms with van der Waals surface area (Å²) in [5.74, 6) is 1.38. The Kier molecular flexibility index (Phi) is 3.01. The molecule has 0 fully saturated rings. The van der Waals surface area contributed by atoms with Crippen LogP contribution in [0.25, 0.3) is 10.4 Å². The molecule has 0 atom stereocenters. The Morgan fingerprint density at radius 1 is 1.19 bits per heavy atom. The molecule has 1 aromatic carbocycles. The molecule has 0 aliphatic carbocycles. The van der Waals surface area contributed by atoms with E-state index in [1.54, 1.807) is 31.6 Å². The molecule has 4 heteroatoms. The van der Waals surface area contributed by atoms with Crippen molar-refractivity contribution in [3.63, 3.8) is 0 Å². The average Bonchev–Trinajstić information content (AvgIpc) is 2.81. The normalized spacial score (nSPS) is 10.1. The standard InChI is InChI=1S/C12H13NO2S/c1-14-10-7-8(13)6-9(12(10)15-2)11-4-3-5-16-11/h3-7H,13H2,1-2H3. The maximum atomic E-state index is 5.83. The van der Waals surface area contributed by atoms with E-state index >= 15 is 0 Å². The zero-order chi connectivity index (χ0) is 11.5. The van der Waals surface area contributed by atoms with Gasteiger partial charge in [0.25, 0.3) is 0 Å². The van der Waals surface area contributed by atoms with Crippen LogP contribution in [0.5, 0.6) is 11.5 Å². The number of nitrogen functional groups attached to an aromatic ring is 1. The van der Waals surface area contributed by atoms with Gasteiger partial charge >= 0.3 is 0 Å². The van der Waals surface area contributed by atoms with Crippen LogP contribution < -0.4 is 15.2 Å². The van der Waals surface area contributed by atoms with E-state index in [0.717, 1.165) is 16.2 Å². The van der Waals surface area contributed by atoms with Gasteiger partial charge in [-0.3, -0.25) is 0 Å². The second kappa shape index (κ2) is 4.45. The molecule has 0 saturated heterocycles. The number of methoxy groups -OCH3 is 2. The first-order valence-electron chi connectivity index (χ1n) is 4.81. The molecular weight excluding hydrogens is 222 g/mol. The largest absolute Gasteiger partial charge is 0.493 e. The first-order valence-corrected chi connectivity index (χ1v) is 5.69. The van der Waals surface area contributed by atoms with Gasteiger partial charge in [0.1, 0.15) is 0 Å². The summed E-state index contributed by atoms with van der Waals surface area (Å²) in [5, 5.41) is 2.02. The molecule has 2 rings (SSSR count). The molecule has 2 N–H and O–H groups in total. The zero-order valence-electron chi connectivity index (χ0n) is 9.19.